The van der Waals surface area contributed by atoms with E-state index in [4.69, 9.17) is 0 Å². The van der Waals surface area contributed by atoms with Gasteiger partial charge in [0.15, 0.2) is 0 Å². The summed E-state index contributed by atoms with van der Waals surface area (Å²) in [6, 6.07) is 1.73. The van der Waals surface area contributed by atoms with Gasteiger partial charge in [0.25, 0.3) is 10.0 Å². The molecule has 1 aliphatic rings. The molecule has 0 spiro atoms. The third-order valence-corrected chi connectivity index (χ3v) is 7.13. The third kappa shape index (κ3) is 2.33. The fourth-order valence-corrected chi connectivity index (χ4v) is 5.58. The maximum absolute atomic E-state index is 12.2. The molecule has 2 heterocycles. The van der Waals surface area contributed by atoms with E-state index in [0.29, 0.717) is 34.6 Å². The van der Waals surface area contributed by atoms with Crippen LogP contribution in [-0.4, -0.2) is 37.0 Å². The van der Waals surface area contributed by atoms with Crippen molar-refractivity contribution in [3.8, 4) is 0 Å². The van der Waals surface area contributed by atoms with Gasteiger partial charge >= 0.3 is 0 Å². The van der Waals surface area contributed by atoms with E-state index in [1.54, 1.807) is 11.4 Å². The summed E-state index contributed by atoms with van der Waals surface area (Å²) in [6.07, 6.45) is 0.669. The van der Waals surface area contributed by atoms with Gasteiger partial charge in [-0.2, -0.15) is 4.31 Å². The van der Waals surface area contributed by atoms with Gasteiger partial charge in [-0.1, -0.05) is 0 Å². The van der Waals surface area contributed by atoms with Crippen molar-refractivity contribution in [2.24, 2.45) is 0 Å². The molecule has 1 aromatic rings. The molecule has 1 fully saturated rings. The van der Waals surface area contributed by atoms with Crippen molar-refractivity contribution < 1.29 is 13.5 Å². The van der Waals surface area contributed by atoms with Crippen LogP contribution in [0, 0.1) is 0 Å². The van der Waals surface area contributed by atoms with Crippen molar-refractivity contribution >= 4 is 37.3 Å². The number of hydrogen-bond acceptors (Lipinski definition) is 4. The highest BCUT2D eigenvalue weighted by atomic mass is 79.9. The van der Waals surface area contributed by atoms with Crippen molar-refractivity contribution in [3.05, 3.63) is 15.9 Å². The minimum Gasteiger partial charge on any atom is -0.393 e. The minimum absolute atomic E-state index is 0.351. The molecule has 1 N–H and O–H groups in total. The standard InChI is InChI=1S/C9H12BrNO3S2/c10-8-3-6-15-9(8)16(13,14)11-4-1-7(12)2-5-11/h3,6-7,12H,1-2,4-5H2. The van der Waals surface area contributed by atoms with Crippen LogP contribution in [0.25, 0.3) is 0 Å². The highest BCUT2D eigenvalue weighted by Gasteiger charge is 2.30. The molecular weight excluding hydrogens is 314 g/mol. The summed E-state index contributed by atoms with van der Waals surface area (Å²) in [7, 11) is -3.38. The van der Waals surface area contributed by atoms with Crippen molar-refractivity contribution in [2.45, 2.75) is 23.2 Å². The molecule has 4 nitrogen and oxygen atoms in total. The van der Waals surface area contributed by atoms with E-state index in [1.807, 2.05) is 0 Å². The first-order chi connectivity index (χ1) is 7.51. The molecule has 0 bridgehead atoms. The van der Waals surface area contributed by atoms with Crippen molar-refractivity contribution in [1.29, 1.82) is 0 Å². The summed E-state index contributed by atoms with van der Waals surface area (Å²) < 4.78 is 26.8. The molecule has 0 atom stereocenters. The van der Waals surface area contributed by atoms with Crippen LogP contribution in [0.3, 0.4) is 0 Å². The van der Waals surface area contributed by atoms with Crippen molar-refractivity contribution in [2.75, 3.05) is 13.1 Å². The number of rotatable bonds is 2. The Morgan fingerprint density at radius 3 is 2.56 bits per heavy atom. The lowest BCUT2D eigenvalue weighted by Crippen LogP contribution is -2.39. The van der Waals surface area contributed by atoms with Crippen LogP contribution in [0.4, 0.5) is 0 Å². The molecule has 1 saturated heterocycles. The molecule has 7 heteroatoms. The van der Waals surface area contributed by atoms with Crippen LogP contribution in [0.5, 0.6) is 0 Å². The highest BCUT2D eigenvalue weighted by molar-refractivity contribution is 9.10. The fraction of sp³-hybridized carbons (Fsp3) is 0.556. The number of aliphatic hydroxyl groups excluding tert-OH is 1. The lowest BCUT2D eigenvalue weighted by molar-refractivity contribution is 0.113. The maximum Gasteiger partial charge on any atom is 0.253 e. The number of nitrogens with zero attached hydrogens (tertiary/aromatic N) is 1. The molecule has 0 saturated carbocycles. The van der Waals surface area contributed by atoms with Crippen LogP contribution in [0.15, 0.2) is 20.1 Å². The van der Waals surface area contributed by atoms with Gasteiger partial charge in [-0.3, -0.25) is 0 Å². The van der Waals surface area contributed by atoms with Gasteiger partial charge in [0.2, 0.25) is 0 Å². The maximum atomic E-state index is 12.2. The summed E-state index contributed by atoms with van der Waals surface area (Å²) in [5.74, 6) is 0. The van der Waals surface area contributed by atoms with E-state index in [9.17, 15) is 13.5 Å². The SMILES string of the molecule is O=S(=O)(c1sccc1Br)N1CCC(O)CC1. The van der Waals surface area contributed by atoms with Crippen molar-refractivity contribution in [1.82, 2.24) is 4.31 Å². The number of halogens is 1. The van der Waals surface area contributed by atoms with E-state index in [0.717, 1.165) is 0 Å². The monoisotopic (exact) mass is 325 g/mol. The molecule has 0 amide bonds. The molecule has 0 radical (unpaired) electrons. The second kappa shape index (κ2) is 4.73. The van der Waals surface area contributed by atoms with Crippen LogP contribution < -0.4 is 0 Å². The predicted octanol–water partition coefficient (Wildman–Crippen LogP) is 1.66. The van der Waals surface area contributed by atoms with Gasteiger partial charge in [-0.15, -0.1) is 11.3 Å². The molecular formula is C9H12BrNO3S2. The second-order valence-electron chi connectivity index (χ2n) is 3.69. The largest absolute Gasteiger partial charge is 0.393 e. The lowest BCUT2D eigenvalue weighted by atomic mass is 10.1. The summed E-state index contributed by atoms with van der Waals surface area (Å²) >= 11 is 4.45. The molecule has 0 unspecified atom stereocenters. The van der Waals surface area contributed by atoms with E-state index >= 15 is 0 Å². The summed E-state index contributed by atoms with van der Waals surface area (Å²) in [4.78, 5) is 0. The zero-order chi connectivity index (χ0) is 11.8. The van der Waals surface area contributed by atoms with E-state index in [1.165, 1.54) is 15.6 Å². The Labute approximate surface area is 107 Å². The Kier molecular flexibility index (Phi) is 3.70. The van der Waals surface area contributed by atoms with Gasteiger partial charge in [0.1, 0.15) is 4.21 Å². The fourth-order valence-electron chi connectivity index (χ4n) is 1.66. The van der Waals surface area contributed by atoms with Crippen LogP contribution in [-0.2, 0) is 10.0 Å². The predicted molar refractivity (Wildman–Crippen MR) is 66.0 cm³/mol. The Balaban J connectivity index is 2.23. The van der Waals surface area contributed by atoms with Crippen molar-refractivity contribution in [3.63, 3.8) is 0 Å². The average Bonchev–Trinajstić information content (AvgIpc) is 2.66. The van der Waals surface area contributed by atoms with Gasteiger partial charge in [-0.05, 0) is 40.2 Å². The number of thiophene rings is 1. The van der Waals surface area contributed by atoms with Crippen LogP contribution in [0.1, 0.15) is 12.8 Å². The first kappa shape index (κ1) is 12.5. The van der Waals surface area contributed by atoms with Crippen LogP contribution in [0.2, 0.25) is 0 Å². The second-order valence-corrected chi connectivity index (χ2v) is 7.59. The van der Waals surface area contributed by atoms with Gasteiger partial charge in [0.05, 0.1) is 6.10 Å². The Bertz CT molecular complexity index is 463. The quantitative estimate of drug-likeness (QED) is 0.899. The molecule has 16 heavy (non-hydrogen) atoms. The number of sulfonamides is 1. The zero-order valence-corrected chi connectivity index (χ0v) is 11.7. The Morgan fingerprint density at radius 1 is 1.44 bits per heavy atom. The summed E-state index contributed by atoms with van der Waals surface area (Å²) in [5, 5.41) is 11.1. The van der Waals surface area contributed by atoms with Crippen LogP contribution >= 0.6 is 27.3 Å². The first-order valence-corrected chi connectivity index (χ1v) is 8.04. The summed E-state index contributed by atoms with van der Waals surface area (Å²) in [6.45, 7) is 0.793. The summed E-state index contributed by atoms with van der Waals surface area (Å²) in [5.41, 5.74) is 0. The van der Waals surface area contributed by atoms with Gasteiger partial charge in [0, 0.05) is 17.6 Å². The number of aliphatic hydroxyl groups is 1. The highest BCUT2D eigenvalue weighted by Crippen LogP contribution is 2.31. The number of piperidine rings is 1. The van der Waals surface area contributed by atoms with Gasteiger partial charge < -0.3 is 5.11 Å². The zero-order valence-electron chi connectivity index (χ0n) is 8.47. The Hall–Kier alpha value is 0.0500. The van der Waals surface area contributed by atoms with E-state index in [-0.39, 0.29) is 6.10 Å². The first-order valence-electron chi connectivity index (χ1n) is 4.93. The molecule has 1 aliphatic heterocycles. The molecule has 1 aromatic heterocycles. The molecule has 0 aromatic carbocycles. The van der Waals surface area contributed by atoms with E-state index < -0.39 is 10.0 Å². The molecule has 90 valence electrons. The minimum atomic E-state index is -3.38. The molecule has 0 aliphatic carbocycles. The molecule has 2 rings (SSSR count). The van der Waals surface area contributed by atoms with Gasteiger partial charge in [-0.25, -0.2) is 8.42 Å². The lowest BCUT2D eigenvalue weighted by Gasteiger charge is -2.28. The normalized spacial score (nSPS) is 20.1. The smallest absolute Gasteiger partial charge is 0.253 e. The topological polar surface area (TPSA) is 57.6 Å². The van der Waals surface area contributed by atoms with E-state index in [2.05, 4.69) is 15.9 Å². The average molecular weight is 326 g/mol. The third-order valence-electron chi connectivity index (χ3n) is 2.58. The number of hydrogen-bond donors (Lipinski definition) is 1. The Morgan fingerprint density at radius 2 is 2.06 bits per heavy atom.